The molecule has 5 N–H and O–H groups in total. The van der Waals surface area contributed by atoms with Gasteiger partial charge in [-0.05, 0) is 85.0 Å². The monoisotopic (exact) mass is 1010 g/mol. The summed E-state index contributed by atoms with van der Waals surface area (Å²) in [5.74, 6) is -5.08. The number of rotatable bonds is 18. The van der Waals surface area contributed by atoms with Gasteiger partial charge in [-0.2, -0.15) is 0 Å². The summed E-state index contributed by atoms with van der Waals surface area (Å²) < 4.78 is 38.7. The van der Waals surface area contributed by atoms with E-state index in [1.165, 1.54) is 12.1 Å². The molecule has 1 aliphatic carbocycles. The van der Waals surface area contributed by atoms with E-state index in [1.54, 1.807) is 66.7 Å². The predicted molar refractivity (Wildman–Crippen MR) is 257 cm³/mol. The first-order chi connectivity index (χ1) is 34.3. The standard InChI is InChI=1S/C51H51Cl2FN6O11/c52-30-12-15-34-36(28-30)57-49(67)51(34)41(33-7-4-8-35(53)42(33)54)43(59-50(51)18-2-1-3-19-50)46(64)56-31-13-10-29(11-14-31)44(62)55-20-21-68-22-23-69-24-25-70-26-27-71-38-9-5-6-32-40(38)48(66)60(47(32)65)37-16-17-39(61)58-45(37)63/h4-15,28,37,41,43,59H,1-3,16-27H2,(H,55,62)(H,56,64)(H,57,67)(H,58,61,63)/t37?,41-,43+,51+/m0/s1. The Morgan fingerprint density at radius 3 is 2.23 bits per heavy atom. The molecule has 372 valence electrons. The molecule has 1 saturated carbocycles. The summed E-state index contributed by atoms with van der Waals surface area (Å²) in [6.07, 6.45) is 3.81. The Bertz CT molecular complexity index is 2770. The molecule has 17 nitrogen and oxygen atoms in total. The number of anilines is 2. The fraction of sp³-hybridized carbons (Fsp3) is 0.392. The number of piperidine rings is 1. The molecule has 1 unspecified atom stereocenters. The van der Waals surface area contributed by atoms with Gasteiger partial charge in [0.1, 0.15) is 29.6 Å². The molecule has 4 atom stereocenters. The van der Waals surface area contributed by atoms with E-state index in [9.17, 15) is 33.6 Å². The first-order valence-corrected chi connectivity index (χ1v) is 24.3. The van der Waals surface area contributed by atoms with Gasteiger partial charge in [0.05, 0.1) is 61.8 Å². The zero-order chi connectivity index (χ0) is 49.9. The van der Waals surface area contributed by atoms with Crippen molar-refractivity contribution in [2.45, 2.75) is 73.9 Å². The molecule has 0 radical (unpaired) electrons. The number of carbonyl (C=O) groups excluding carboxylic acids is 7. The first kappa shape index (κ1) is 49.7. The van der Waals surface area contributed by atoms with Crippen molar-refractivity contribution < 1.29 is 56.9 Å². The van der Waals surface area contributed by atoms with Crippen LogP contribution in [0.15, 0.2) is 78.9 Å². The highest BCUT2D eigenvalue weighted by Gasteiger charge is 2.72. The lowest BCUT2D eigenvalue weighted by Crippen LogP contribution is -2.60. The summed E-state index contributed by atoms with van der Waals surface area (Å²) in [6, 6.07) is 18.7. The van der Waals surface area contributed by atoms with Crippen molar-refractivity contribution in [1.82, 2.24) is 20.9 Å². The van der Waals surface area contributed by atoms with Crippen molar-refractivity contribution in [3.8, 4) is 5.75 Å². The maximum atomic E-state index is 16.2. The molecule has 4 aromatic carbocycles. The zero-order valence-electron chi connectivity index (χ0n) is 38.4. The molecule has 9 rings (SSSR count). The maximum Gasteiger partial charge on any atom is 0.266 e. The number of carbonyl (C=O) groups is 7. The van der Waals surface area contributed by atoms with E-state index in [4.69, 9.17) is 42.1 Å². The van der Waals surface area contributed by atoms with E-state index >= 15 is 4.39 Å². The van der Waals surface area contributed by atoms with Crippen molar-refractivity contribution in [3.05, 3.63) is 123 Å². The highest BCUT2D eigenvalue weighted by molar-refractivity contribution is 6.31. The van der Waals surface area contributed by atoms with Gasteiger partial charge in [0.15, 0.2) is 0 Å². The number of hydrogen-bond donors (Lipinski definition) is 5. The van der Waals surface area contributed by atoms with Gasteiger partial charge in [0, 0.05) is 46.4 Å². The van der Waals surface area contributed by atoms with Crippen LogP contribution in [-0.2, 0) is 38.8 Å². The lowest BCUT2D eigenvalue weighted by molar-refractivity contribution is -0.136. The number of imide groups is 2. The van der Waals surface area contributed by atoms with Gasteiger partial charge in [0.2, 0.25) is 23.6 Å². The van der Waals surface area contributed by atoms with Gasteiger partial charge in [0.25, 0.3) is 17.7 Å². The Labute approximate surface area is 417 Å². The third-order valence-electron chi connectivity index (χ3n) is 13.9. The largest absolute Gasteiger partial charge is 0.490 e. The minimum atomic E-state index is -1.37. The second-order valence-corrected chi connectivity index (χ2v) is 18.8. The number of nitrogens with zero attached hydrogens (tertiary/aromatic N) is 1. The van der Waals surface area contributed by atoms with Crippen LogP contribution in [0, 0.1) is 5.82 Å². The highest BCUT2D eigenvalue weighted by Crippen LogP contribution is 2.63. The normalized spacial score (nSPS) is 22.1. The van der Waals surface area contributed by atoms with Crippen LogP contribution < -0.4 is 31.3 Å². The Morgan fingerprint density at radius 2 is 1.49 bits per heavy atom. The third-order valence-corrected chi connectivity index (χ3v) is 14.4. The van der Waals surface area contributed by atoms with E-state index in [1.807, 2.05) is 0 Å². The number of amides is 7. The van der Waals surface area contributed by atoms with Gasteiger partial charge in [-0.25, -0.2) is 4.39 Å². The average Bonchev–Trinajstić information content (AvgIpc) is 3.91. The Hall–Kier alpha value is -6.28. The number of hydrogen-bond acceptors (Lipinski definition) is 12. The van der Waals surface area contributed by atoms with Crippen molar-refractivity contribution >= 4 is 75.9 Å². The molecule has 2 saturated heterocycles. The molecule has 71 heavy (non-hydrogen) atoms. The van der Waals surface area contributed by atoms with Gasteiger partial charge < -0.3 is 34.9 Å². The Balaban J connectivity index is 0.705. The highest BCUT2D eigenvalue weighted by atomic mass is 35.5. The molecule has 7 amide bonds. The van der Waals surface area contributed by atoms with Crippen molar-refractivity contribution in [2.24, 2.45) is 0 Å². The summed E-state index contributed by atoms with van der Waals surface area (Å²) in [6.45, 7) is 1.76. The third kappa shape index (κ3) is 9.52. The molecular formula is C51H51Cl2FN6O11. The molecule has 3 fully saturated rings. The van der Waals surface area contributed by atoms with E-state index in [2.05, 4.69) is 26.6 Å². The lowest BCUT2D eigenvalue weighted by Gasteiger charge is -2.47. The number of fused-ring (bicyclic) bond motifs is 4. The number of halogens is 3. The minimum absolute atomic E-state index is 0.0220. The molecule has 0 bridgehead atoms. The van der Waals surface area contributed by atoms with Crippen LogP contribution in [0.1, 0.15) is 93.1 Å². The number of nitrogens with one attached hydrogen (secondary N) is 5. The zero-order valence-corrected chi connectivity index (χ0v) is 39.9. The molecule has 2 spiro atoms. The molecule has 4 aliphatic heterocycles. The van der Waals surface area contributed by atoms with Crippen molar-refractivity contribution in [1.29, 1.82) is 0 Å². The number of benzene rings is 4. The van der Waals surface area contributed by atoms with Crippen LogP contribution in [-0.4, -0.2) is 117 Å². The van der Waals surface area contributed by atoms with Crippen molar-refractivity contribution in [3.63, 3.8) is 0 Å². The fourth-order valence-electron chi connectivity index (χ4n) is 10.8. The first-order valence-electron chi connectivity index (χ1n) is 23.6. The smallest absolute Gasteiger partial charge is 0.266 e. The quantitative estimate of drug-likeness (QED) is 0.0601. The van der Waals surface area contributed by atoms with Gasteiger partial charge in [-0.1, -0.05) is 66.7 Å². The van der Waals surface area contributed by atoms with Gasteiger partial charge in [-0.3, -0.25) is 49.1 Å². The van der Waals surface area contributed by atoms with Crippen LogP contribution in [0.25, 0.3) is 0 Å². The van der Waals surface area contributed by atoms with E-state index in [0.717, 1.165) is 24.2 Å². The molecule has 4 aromatic rings. The Kier molecular flexibility index (Phi) is 14.8. The van der Waals surface area contributed by atoms with Crippen LogP contribution in [0.3, 0.4) is 0 Å². The van der Waals surface area contributed by atoms with Gasteiger partial charge in [-0.15, -0.1) is 0 Å². The average molecular weight is 1010 g/mol. The molecule has 4 heterocycles. The maximum absolute atomic E-state index is 16.2. The van der Waals surface area contributed by atoms with Gasteiger partial charge >= 0.3 is 0 Å². The van der Waals surface area contributed by atoms with Crippen LogP contribution in [0.2, 0.25) is 10.0 Å². The van der Waals surface area contributed by atoms with E-state index < -0.39 is 64.3 Å². The Morgan fingerprint density at radius 1 is 0.789 bits per heavy atom. The summed E-state index contributed by atoms with van der Waals surface area (Å²) in [5.41, 5.74) is -0.00199. The SMILES string of the molecule is O=C1CCC(N2C(=O)c3cccc(OCCOCCOCCOCCNC(=O)c4ccc(NC(=O)[C@@H]5NC6(CCCCC6)[C@@]6(C(=O)Nc7cc(Cl)ccc76)[C@H]5c5cccc(Cl)c5F)cc4)c3C2=O)C(=O)N1. The fourth-order valence-corrected chi connectivity index (χ4v) is 11.2. The molecule has 5 aliphatic rings. The van der Waals surface area contributed by atoms with Crippen molar-refractivity contribution in [2.75, 3.05) is 63.4 Å². The second kappa shape index (κ2) is 21.2. The topological polar surface area (TPSA) is 220 Å². The predicted octanol–water partition coefficient (Wildman–Crippen LogP) is 5.68. The van der Waals surface area contributed by atoms with Crippen LogP contribution >= 0.6 is 23.2 Å². The molecular weight excluding hydrogens is 962 g/mol. The summed E-state index contributed by atoms with van der Waals surface area (Å²) in [7, 11) is 0. The lowest BCUT2D eigenvalue weighted by atomic mass is 9.55. The summed E-state index contributed by atoms with van der Waals surface area (Å²) >= 11 is 12.8. The second-order valence-electron chi connectivity index (χ2n) is 18.0. The molecule has 20 heteroatoms. The van der Waals surface area contributed by atoms with Crippen LogP contribution in [0.4, 0.5) is 15.8 Å². The summed E-state index contributed by atoms with van der Waals surface area (Å²) in [5, 5.41) is 14.9. The summed E-state index contributed by atoms with van der Waals surface area (Å²) in [4.78, 5) is 93.2. The van der Waals surface area contributed by atoms with E-state index in [-0.39, 0.29) is 105 Å². The minimum Gasteiger partial charge on any atom is -0.490 e. The number of ether oxygens (including phenoxy) is 4. The van der Waals surface area contributed by atoms with E-state index in [0.29, 0.717) is 40.4 Å². The van der Waals surface area contributed by atoms with Crippen LogP contribution in [0.5, 0.6) is 5.75 Å². The molecule has 0 aromatic heterocycles.